The molecule has 0 aromatic rings. The van der Waals surface area contributed by atoms with E-state index in [1.54, 1.807) is 6.08 Å². The Labute approximate surface area is 89.8 Å². The first-order valence-electron chi connectivity index (χ1n) is 5.46. The highest BCUT2D eigenvalue weighted by molar-refractivity contribution is 5.86. The Kier molecular flexibility index (Phi) is 2.80. The summed E-state index contributed by atoms with van der Waals surface area (Å²) in [5.41, 5.74) is -0.446. The van der Waals surface area contributed by atoms with Gasteiger partial charge in [-0.15, -0.1) is 0 Å². The zero-order valence-corrected chi connectivity index (χ0v) is 8.83. The summed E-state index contributed by atoms with van der Waals surface area (Å²) in [6.07, 6.45) is 8.36. The quantitative estimate of drug-likeness (QED) is 0.527. The van der Waals surface area contributed by atoms with Crippen LogP contribution in [0, 0.1) is 0 Å². The van der Waals surface area contributed by atoms with Crippen LogP contribution in [0.25, 0.3) is 0 Å². The first-order valence-corrected chi connectivity index (χ1v) is 5.46. The van der Waals surface area contributed by atoms with Gasteiger partial charge in [-0.05, 0) is 25.7 Å². The van der Waals surface area contributed by atoms with Gasteiger partial charge in [-0.2, -0.15) is 0 Å². The molecule has 0 atom stereocenters. The smallest absolute Gasteiger partial charge is 0.335 e. The lowest BCUT2D eigenvalue weighted by atomic mass is 9.84. The van der Waals surface area contributed by atoms with Crippen molar-refractivity contribution in [2.24, 2.45) is 0 Å². The topological polar surface area (TPSA) is 35.5 Å². The van der Waals surface area contributed by atoms with Gasteiger partial charge in [-0.25, -0.2) is 4.79 Å². The summed E-state index contributed by atoms with van der Waals surface area (Å²) in [6.45, 7) is 4.03. The van der Waals surface area contributed by atoms with Crippen LogP contribution in [0.15, 0.2) is 24.5 Å². The molecule has 2 aliphatic rings. The van der Waals surface area contributed by atoms with Crippen molar-refractivity contribution in [2.75, 3.05) is 6.61 Å². The van der Waals surface area contributed by atoms with E-state index in [0.717, 1.165) is 25.7 Å². The van der Waals surface area contributed by atoms with Gasteiger partial charge in [-0.1, -0.05) is 19.1 Å². The van der Waals surface area contributed by atoms with E-state index in [4.69, 9.17) is 9.47 Å². The first kappa shape index (κ1) is 10.3. The Balaban J connectivity index is 2.12. The minimum atomic E-state index is -0.446. The van der Waals surface area contributed by atoms with Crippen LogP contribution in [-0.2, 0) is 14.3 Å². The summed E-state index contributed by atoms with van der Waals surface area (Å²) in [5, 5.41) is 0. The number of carbonyl (C=O) groups excluding carboxylic acids is 1. The van der Waals surface area contributed by atoms with E-state index in [2.05, 4.69) is 6.58 Å². The van der Waals surface area contributed by atoms with Gasteiger partial charge >= 0.3 is 5.97 Å². The van der Waals surface area contributed by atoms with E-state index in [1.165, 1.54) is 12.5 Å². The molecule has 0 aromatic heterocycles. The Morgan fingerprint density at radius 2 is 2.20 bits per heavy atom. The van der Waals surface area contributed by atoms with Gasteiger partial charge in [0.15, 0.2) is 5.60 Å². The van der Waals surface area contributed by atoms with Gasteiger partial charge < -0.3 is 9.47 Å². The maximum absolute atomic E-state index is 11.3. The molecule has 1 aliphatic heterocycles. The average molecular weight is 208 g/mol. The molecule has 0 aromatic carbocycles. The Bertz CT molecular complexity index is 298. The predicted octanol–water partition coefficient (Wildman–Crippen LogP) is 2.33. The van der Waals surface area contributed by atoms with Crippen LogP contribution in [0.4, 0.5) is 0 Å². The number of carbonyl (C=O) groups is 1. The molecule has 0 amide bonds. The third kappa shape index (κ3) is 1.91. The molecule has 82 valence electrons. The van der Waals surface area contributed by atoms with Crippen LogP contribution in [0.5, 0.6) is 0 Å². The lowest BCUT2D eigenvalue weighted by Crippen LogP contribution is -2.35. The Hall–Kier alpha value is -1.25. The summed E-state index contributed by atoms with van der Waals surface area (Å²) in [6, 6.07) is 0. The summed E-state index contributed by atoms with van der Waals surface area (Å²) in [4.78, 5) is 11.3. The minimum Gasteiger partial charge on any atom is -0.489 e. The fraction of sp³-hybridized carbons (Fsp3) is 0.583. The lowest BCUT2D eigenvalue weighted by molar-refractivity contribution is -0.150. The van der Waals surface area contributed by atoms with Gasteiger partial charge in [0.05, 0.1) is 6.08 Å². The molecular formula is C12H16O3. The van der Waals surface area contributed by atoms with Crippen LogP contribution in [0.2, 0.25) is 0 Å². The molecule has 0 N–H and O–H groups in total. The van der Waals surface area contributed by atoms with Crippen molar-refractivity contribution < 1.29 is 14.3 Å². The molecule has 0 radical (unpaired) electrons. The highest BCUT2D eigenvalue weighted by Crippen LogP contribution is 2.41. The second kappa shape index (κ2) is 4.09. The van der Waals surface area contributed by atoms with Crippen molar-refractivity contribution in [3.63, 3.8) is 0 Å². The lowest BCUT2D eigenvalue weighted by Gasteiger charge is -2.33. The van der Waals surface area contributed by atoms with Crippen LogP contribution in [0.3, 0.4) is 0 Å². The predicted molar refractivity (Wildman–Crippen MR) is 56.1 cm³/mol. The van der Waals surface area contributed by atoms with Gasteiger partial charge in [0.25, 0.3) is 0 Å². The van der Waals surface area contributed by atoms with Crippen LogP contribution in [-0.4, -0.2) is 18.2 Å². The van der Waals surface area contributed by atoms with Crippen molar-refractivity contribution in [3.8, 4) is 0 Å². The largest absolute Gasteiger partial charge is 0.489 e. The van der Waals surface area contributed by atoms with Crippen molar-refractivity contribution in [1.29, 1.82) is 0 Å². The molecule has 1 aliphatic carbocycles. The molecule has 1 spiro atoms. The third-order valence-corrected chi connectivity index (χ3v) is 3.01. The summed E-state index contributed by atoms with van der Waals surface area (Å²) < 4.78 is 10.9. The Morgan fingerprint density at radius 3 is 2.87 bits per heavy atom. The van der Waals surface area contributed by atoms with Crippen molar-refractivity contribution in [3.05, 3.63) is 24.5 Å². The number of esters is 1. The molecule has 0 unspecified atom stereocenters. The maximum atomic E-state index is 11.3. The fourth-order valence-electron chi connectivity index (χ4n) is 2.30. The van der Waals surface area contributed by atoms with Crippen LogP contribution >= 0.6 is 0 Å². The zero-order valence-electron chi connectivity index (χ0n) is 8.83. The van der Waals surface area contributed by atoms with Crippen molar-refractivity contribution >= 4 is 5.97 Å². The van der Waals surface area contributed by atoms with Gasteiger partial charge in [0.1, 0.15) is 12.4 Å². The minimum absolute atomic E-state index is 0.268. The molecule has 2 rings (SSSR count). The number of hydrogen-bond acceptors (Lipinski definition) is 3. The van der Waals surface area contributed by atoms with Gasteiger partial charge in [-0.3, -0.25) is 0 Å². The van der Waals surface area contributed by atoms with E-state index < -0.39 is 5.60 Å². The van der Waals surface area contributed by atoms with E-state index in [0.29, 0.717) is 12.4 Å². The molecule has 3 nitrogen and oxygen atoms in total. The second-order valence-corrected chi connectivity index (χ2v) is 4.08. The van der Waals surface area contributed by atoms with E-state index in [-0.39, 0.29) is 5.97 Å². The molecule has 0 saturated heterocycles. The zero-order chi connectivity index (χ0) is 10.7. The number of ether oxygens (including phenoxy) is 2. The molecular weight excluding hydrogens is 192 g/mol. The van der Waals surface area contributed by atoms with Crippen LogP contribution < -0.4 is 0 Å². The number of rotatable bonds is 3. The molecule has 0 bridgehead atoms. The fourth-order valence-corrected chi connectivity index (χ4v) is 2.30. The number of hydrogen-bond donors (Lipinski definition) is 0. The van der Waals surface area contributed by atoms with Gasteiger partial charge in [0.2, 0.25) is 0 Å². The molecule has 1 fully saturated rings. The van der Waals surface area contributed by atoms with Crippen molar-refractivity contribution in [2.45, 2.75) is 37.7 Å². The normalized spacial score (nSPS) is 23.5. The van der Waals surface area contributed by atoms with Gasteiger partial charge in [0, 0.05) is 0 Å². The standard InChI is InChI=1S/C12H16O3/c1-2-8-14-10-9-11(13)15-12(10)6-4-3-5-7-12/h2,9H,1,3-8H2. The van der Waals surface area contributed by atoms with E-state index >= 15 is 0 Å². The SMILES string of the molecule is C=CCOC1=CC(=O)OC12CCCCC2. The van der Waals surface area contributed by atoms with Crippen molar-refractivity contribution in [1.82, 2.24) is 0 Å². The monoisotopic (exact) mass is 208 g/mol. The highest BCUT2D eigenvalue weighted by Gasteiger charge is 2.45. The molecule has 1 saturated carbocycles. The third-order valence-electron chi connectivity index (χ3n) is 3.01. The molecule has 3 heteroatoms. The van der Waals surface area contributed by atoms with E-state index in [9.17, 15) is 4.79 Å². The maximum Gasteiger partial charge on any atom is 0.335 e. The van der Waals surface area contributed by atoms with Crippen LogP contribution in [0.1, 0.15) is 32.1 Å². The molecule has 1 heterocycles. The highest BCUT2D eigenvalue weighted by atomic mass is 16.6. The van der Waals surface area contributed by atoms with E-state index in [1.807, 2.05) is 0 Å². The molecule has 15 heavy (non-hydrogen) atoms. The second-order valence-electron chi connectivity index (χ2n) is 4.08. The summed E-state index contributed by atoms with van der Waals surface area (Å²) >= 11 is 0. The average Bonchev–Trinajstić information content (AvgIpc) is 2.53. The summed E-state index contributed by atoms with van der Waals surface area (Å²) in [5.74, 6) is 0.433. The first-order chi connectivity index (χ1) is 7.27. The Morgan fingerprint density at radius 1 is 1.47 bits per heavy atom. The summed E-state index contributed by atoms with van der Waals surface area (Å²) in [7, 11) is 0.